The van der Waals surface area contributed by atoms with Crippen LogP contribution in [0.1, 0.15) is 5.56 Å². The lowest BCUT2D eigenvalue weighted by Gasteiger charge is -2.09. The smallest absolute Gasteiger partial charge is 0.318 e. The van der Waals surface area contributed by atoms with Crippen LogP contribution in [0.15, 0.2) is 47.4 Å². The number of thioether (sulfide) groups is 1. The van der Waals surface area contributed by atoms with Gasteiger partial charge in [-0.3, -0.25) is 29.9 Å². The van der Waals surface area contributed by atoms with Crippen molar-refractivity contribution in [2.75, 3.05) is 7.05 Å². The molecule has 0 unspecified atom stereocenters. The van der Waals surface area contributed by atoms with Gasteiger partial charge in [-0.1, -0.05) is 42.2 Å². The SMILES string of the molecule is CN1C(=O)/C(=C\c2ccccc2Oc2ccc([N+](=O)[O-])cc2[N+](=O)[O-])SC1=S. The summed E-state index contributed by atoms with van der Waals surface area (Å²) < 4.78 is 6.08. The fourth-order valence-electron chi connectivity index (χ4n) is 2.35. The van der Waals surface area contributed by atoms with Crippen molar-refractivity contribution >= 4 is 51.7 Å². The quantitative estimate of drug-likeness (QED) is 0.309. The van der Waals surface area contributed by atoms with Crippen molar-refractivity contribution in [3.63, 3.8) is 0 Å². The highest BCUT2D eigenvalue weighted by Gasteiger charge is 2.29. The van der Waals surface area contributed by atoms with Gasteiger partial charge in [0.15, 0.2) is 0 Å². The molecule has 142 valence electrons. The first-order chi connectivity index (χ1) is 13.3. The van der Waals surface area contributed by atoms with E-state index in [-0.39, 0.29) is 17.4 Å². The Balaban J connectivity index is 1.99. The molecule has 3 rings (SSSR count). The zero-order valence-corrected chi connectivity index (χ0v) is 15.9. The molecule has 2 aromatic rings. The summed E-state index contributed by atoms with van der Waals surface area (Å²) in [6.07, 6.45) is 1.58. The van der Waals surface area contributed by atoms with Crippen LogP contribution in [-0.2, 0) is 4.79 Å². The second-order valence-corrected chi connectivity index (χ2v) is 7.22. The number of nitro groups is 2. The number of ether oxygens (including phenoxy) is 1. The van der Waals surface area contributed by atoms with Gasteiger partial charge in [0, 0.05) is 18.7 Å². The Kier molecular flexibility index (Phi) is 5.38. The second kappa shape index (κ2) is 7.74. The topological polar surface area (TPSA) is 116 Å². The Morgan fingerprint density at radius 3 is 2.43 bits per heavy atom. The Morgan fingerprint density at radius 1 is 1.11 bits per heavy atom. The van der Waals surface area contributed by atoms with Crippen LogP contribution in [0.4, 0.5) is 11.4 Å². The third-order valence-electron chi connectivity index (χ3n) is 3.76. The number of carbonyl (C=O) groups excluding carboxylic acids is 1. The Morgan fingerprint density at radius 2 is 1.82 bits per heavy atom. The normalized spacial score (nSPS) is 15.2. The maximum absolute atomic E-state index is 12.2. The molecule has 1 amide bonds. The number of rotatable bonds is 5. The lowest BCUT2D eigenvalue weighted by Crippen LogP contribution is -2.22. The van der Waals surface area contributed by atoms with Crippen LogP contribution < -0.4 is 4.74 Å². The van der Waals surface area contributed by atoms with Gasteiger partial charge in [0.25, 0.3) is 11.6 Å². The molecule has 0 spiro atoms. The molecule has 0 saturated carbocycles. The third-order valence-corrected chi connectivity index (χ3v) is 5.25. The number of amides is 1. The molecule has 1 saturated heterocycles. The average molecular weight is 417 g/mol. The van der Waals surface area contributed by atoms with E-state index in [4.69, 9.17) is 17.0 Å². The summed E-state index contributed by atoms with van der Waals surface area (Å²) >= 11 is 6.23. The minimum Gasteiger partial charge on any atom is -0.449 e. The molecule has 11 heteroatoms. The van der Waals surface area contributed by atoms with Crippen molar-refractivity contribution < 1.29 is 19.4 Å². The Labute approximate surface area is 167 Å². The maximum atomic E-state index is 12.2. The molecule has 1 fully saturated rings. The maximum Gasteiger partial charge on any atom is 0.318 e. The predicted molar refractivity (Wildman–Crippen MR) is 107 cm³/mol. The van der Waals surface area contributed by atoms with Gasteiger partial charge in [-0.15, -0.1) is 0 Å². The monoisotopic (exact) mass is 417 g/mol. The molecule has 0 radical (unpaired) electrons. The first-order valence-corrected chi connectivity index (χ1v) is 8.91. The Hall–Kier alpha value is -3.31. The number of non-ortho nitro benzene ring substituents is 1. The van der Waals surface area contributed by atoms with Gasteiger partial charge in [0.2, 0.25) is 5.75 Å². The molecular formula is C17H11N3O6S2. The largest absolute Gasteiger partial charge is 0.449 e. The lowest BCUT2D eigenvalue weighted by atomic mass is 10.1. The number of nitro benzene ring substituents is 2. The van der Waals surface area contributed by atoms with Gasteiger partial charge >= 0.3 is 5.69 Å². The molecule has 1 aliphatic heterocycles. The van der Waals surface area contributed by atoms with Crippen LogP contribution in [0.25, 0.3) is 6.08 Å². The van der Waals surface area contributed by atoms with E-state index < -0.39 is 21.2 Å². The molecule has 9 nitrogen and oxygen atoms in total. The van der Waals surface area contributed by atoms with Crippen LogP contribution in [0, 0.1) is 20.2 Å². The van der Waals surface area contributed by atoms with E-state index in [0.717, 1.165) is 23.9 Å². The third kappa shape index (κ3) is 3.85. The van der Waals surface area contributed by atoms with Crippen molar-refractivity contribution in [3.05, 3.63) is 73.2 Å². The van der Waals surface area contributed by atoms with Gasteiger partial charge in [0.1, 0.15) is 10.1 Å². The number of carbonyl (C=O) groups is 1. The van der Waals surface area contributed by atoms with Gasteiger partial charge in [-0.2, -0.15) is 0 Å². The highest BCUT2D eigenvalue weighted by molar-refractivity contribution is 8.26. The molecular weight excluding hydrogens is 406 g/mol. The fourth-order valence-corrected chi connectivity index (χ4v) is 3.52. The number of nitrogens with zero attached hydrogens (tertiary/aromatic N) is 3. The van der Waals surface area contributed by atoms with E-state index in [9.17, 15) is 25.0 Å². The van der Waals surface area contributed by atoms with E-state index >= 15 is 0 Å². The van der Waals surface area contributed by atoms with Crippen LogP contribution in [0.3, 0.4) is 0 Å². The first kappa shape index (κ1) is 19.5. The van der Waals surface area contributed by atoms with E-state index in [1.165, 1.54) is 11.0 Å². The number of likely N-dealkylation sites (N-methyl/N-ethyl adjacent to an activating group) is 1. The summed E-state index contributed by atoms with van der Waals surface area (Å²) in [4.78, 5) is 34.6. The van der Waals surface area contributed by atoms with Crippen LogP contribution in [0.5, 0.6) is 11.5 Å². The van der Waals surface area contributed by atoms with Crippen molar-refractivity contribution in [2.45, 2.75) is 0 Å². The number of thiocarbonyl (C=S) groups is 1. The molecule has 0 aliphatic carbocycles. The zero-order valence-electron chi connectivity index (χ0n) is 14.2. The van der Waals surface area contributed by atoms with Gasteiger partial charge in [0.05, 0.1) is 20.8 Å². The van der Waals surface area contributed by atoms with Crippen molar-refractivity contribution in [2.24, 2.45) is 0 Å². The number of benzene rings is 2. The summed E-state index contributed by atoms with van der Waals surface area (Å²) in [6.45, 7) is 0. The molecule has 28 heavy (non-hydrogen) atoms. The number of hydrogen-bond acceptors (Lipinski definition) is 8. The summed E-state index contributed by atoms with van der Waals surface area (Å²) in [7, 11) is 1.57. The minimum absolute atomic E-state index is 0.153. The van der Waals surface area contributed by atoms with Crippen molar-refractivity contribution in [3.8, 4) is 11.5 Å². The molecule has 0 bridgehead atoms. The predicted octanol–water partition coefficient (Wildman–Crippen LogP) is 4.13. The average Bonchev–Trinajstić information content (AvgIpc) is 2.90. The first-order valence-electron chi connectivity index (χ1n) is 7.69. The van der Waals surface area contributed by atoms with E-state index in [2.05, 4.69) is 0 Å². The van der Waals surface area contributed by atoms with Crippen LogP contribution in [-0.4, -0.2) is 32.0 Å². The molecule has 1 heterocycles. The molecule has 0 atom stereocenters. The summed E-state index contributed by atoms with van der Waals surface area (Å²) in [5.74, 6) is -0.161. The highest BCUT2D eigenvalue weighted by atomic mass is 32.2. The molecule has 0 aromatic heterocycles. The zero-order chi connectivity index (χ0) is 20.4. The molecule has 0 N–H and O–H groups in total. The number of hydrogen-bond donors (Lipinski definition) is 0. The van der Waals surface area contributed by atoms with Gasteiger partial charge in [-0.05, 0) is 18.2 Å². The highest BCUT2D eigenvalue weighted by Crippen LogP contribution is 2.37. The standard InChI is InChI=1S/C17H11N3O6S2/c1-18-16(21)15(28-17(18)27)8-10-4-2-3-5-13(10)26-14-7-6-11(19(22)23)9-12(14)20(24)25/h2-9H,1H3/b15-8+. The van der Waals surface area contributed by atoms with Crippen LogP contribution in [0.2, 0.25) is 0 Å². The van der Waals surface area contributed by atoms with E-state index in [1.807, 2.05) is 0 Å². The van der Waals surface area contributed by atoms with E-state index in [1.54, 1.807) is 37.4 Å². The summed E-state index contributed by atoms with van der Waals surface area (Å²) in [5.41, 5.74) is -0.452. The summed E-state index contributed by atoms with van der Waals surface area (Å²) in [5, 5.41) is 22.2. The number of para-hydroxylation sites is 1. The second-order valence-electron chi connectivity index (χ2n) is 5.55. The fraction of sp³-hybridized carbons (Fsp3) is 0.0588. The van der Waals surface area contributed by atoms with Gasteiger partial charge in [-0.25, -0.2) is 0 Å². The molecule has 1 aliphatic rings. The van der Waals surface area contributed by atoms with Gasteiger partial charge < -0.3 is 4.74 Å². The molecule has 2 aromatic carbocycles. The lowest BCUT2D eigenvalue weighted by molar-refractivity contribution is -0.394. The Bertz CT molecular complexity index is 1050. The summed E-state index contributed by atoms with van der Waals surface area (Å²) in [6, 6.07) is 9.74. The van der Waals surface area contributed by atoms with Crippen LogP contribution >= 0.6 is 24.0 Å². The van der Waals surface area contributed by atoms with E-state index in [0.29, 0.717) is 14.8 Å². The van der Waals surface area contributed by atoms with Crippen molar-refractivity contribution in [1.82, 2.24) is 4.90 Å². The minimum atomic E-state index is -0.757. The van der Waals surface area contributed by atoms with Crippen molar-refractivity contribution in [1.29, 1.82) is 0 Å².